The van der Waals surface area contributed by atoms with Crippen LogP contribution in [0.15, 0.2) is 54.6 Å². The van der Waals surface area contributed by atoms with Gasteiger partial charge in [0.25, 0.3) is 0 Å². The topological polar surface area (TPSA) is 250 Å². The molecule has 0 spiro atoms. The van der Waals surface area contributed by atoms with Gasteiger partial charge >= 0.3 is 5.97 Å². The molecule has 0 unspecified atom stereocenters. The first kappa shape index (κ1) is 33.4. The van der Waals surface area contributed by atoms with E-state index in [2.05, 4.69) is 16.0 Å². The van der Waals surface area contributed by atoms with Gasteiger partial charge in [0, 0.05) is 6.42 Å². The summed E-state index contributed by atoms with van der Waals surface area (Å²) in [7, 11) is 0. The first-order chi connectivity index (χ1) is 20.5. The van der Waals surface area contributed by atoms with Crippen LogP contribution in [0.5, 0.6) is 5.75 Å². The zero-order valence-electron chi connectivity index (χ0n) is 23.0. The SMILES string of the molecule is N[C@@H](Cc1ccc(O[C@@H]2O[C@H](CO)[C@@H](O)[C@H](O)[C@H]2O)cc1)C(=O)NCC(=O)NCC(=O)N[C@@H](Cc1ccccc1)C(=O)O. The Kier molecular flexibility index (Phi) is 12.4. The third kappa shape index (κ3) is 9.99. The van der Waals surface area contributed by atoms with Gasteiger partial charge in [-0.25, -0.2) is 4.79 Å². The van der Waals surface area contributed by atoms with Crippen molar-refractivity contribution in [3.05, 3.63) is 65.7 Å². The number of carbonyl (C=O) groups is 4. The quantitative estimate of drug-likeness (QED) is 0.103. The van der Waals surface area contributed by atoms with Crippen LogP contribution in [0.25, 0.3) is 0 Å². The van der Waals surface area contributed by atoms with E-state index in [-0.39, 0.29) is 18.6 Å². The van der Waals surface area contributed by atoms with Crippen molar-refractivity contribution in [1.29, 1.82) is 0 Å². The molecule has 0 saturated carbocycles. The lowest BCUT2D eigenvalue weighted by Gasteiger charge is -2.39. The normalized spacial score (nSPS) is 23.0. The molecule has 15 heteroatoms. The van der Waals surface area contributed by atoms with E-state index in [1.165, 1.54) is 12.1 Å². The molecule has 1 heterocycles. The van der Waals surface area contributed by atoms with Gasteiger partial charge < -0.3 is 56.7 Å². The fraction of sp³-hybridized carbons (Fsp3) is 0.429. The number of carbonyl (C=O) groups excluding carboxylic acids is 3. The van der Waals surface area contributed by atoms with E-state index in [1.54, 1.807) is 42.5 Å². The number of carboxylic acids is 1. The largest absolute Gasteiger partial charge is 0.480 e. The highest BCUT2D eigenvalue weighted by Gasteiger charge is 2.44. The molecule has 2 aromatic carbocycles. The van der Waals surface area contributed by atoms with E-state index in [1.807, 2.05) is 0 Å². The summed E-state index contributed by atoms with van der Waals surface area (Å²) in [4.78, 5) is 48.1. The van der Waals surface area contributed by atoms with Crippen LogP contribution in [0.2, 0.25) is 0 Å². The fourth-order valence-corrected chi connectivity index (χ4v) is 4.18. The summed E-state index contributed by atoms with van der Waals surface area (Å²) >= 11 is 0. The number of rotatable bonds is 14. The van der Waals surface area contributed by atoms with Crippen LogP contribution in [0.3, 0.4) is 0 Å². The van der Waals surface area contributed by atoms with Gasteiger partial charge in [0.15, 0.2) is 0 Å². The highest BCUT2D eigenvalue weighted by atomic mass is 16.7. The molecule has 0 radical (unpaired) electrons. The number of hydrogen-bond acceptors (Lipinski definition) is 11. The van der Waals surface area contributed by atoms with E-state index in [4.69, 9.17) is 15.2 Å². The van der Waals surface area contributed by atoms with E-state index in [0.717, 1.165) is 5.56 Å². The average Bonchev–Trinajstić information content (AvgIpc) is 3.00. The van der Waals surface area contributed by atoms with Crippen LogP contribution in [0.1, 0.15) is 11.1 Å². The molecule has 7 atom stereocenters. The number of aliphatic hydroxyl groups is 4. The molecule has 10 N–H and O–H groups in total. The van der Waals surface area contributed by atoms with Crippen LogP contribution in [0, 0.1) is 0 Å². The summed E-state index contributed by atoms with van der Waals surface area (Å²) in [5, 5.41) is 55.5. The van der Waals surface area contributed by atoms with Gasteiger partial charge in [-0.05, 0) is 29.7 Å². The van der Waals surface area contributed by atoms with E-state index in [0.29, 0.717) is 5.56 Å². The molecule has 2 aromatic rings. The Hall–Kier alpha value is -4.12. The van der Waals surface area contributed by atoms with Crippen LogP contribution < -0.4 is 26.4 Å². The zero-order valence-corrected chi connectivity index (χ0v) is 23.0. The number of nitrogens with two attached hydrogens (primary N) is 1. The number of amides is 3. The predicted molar refractivity (Wildman–Crippen MR) is 148 cm³/mol. The Bertz CT molecular complexity index is 1230. The molecule has 1 fully saturated rings. The summed E-state index contributed by atoms with van der Waals surface area (Å²) < 4.78 is 10.8. The predicted octanol–water partition coefficient (Wildman–Crippen LogP) is -3.22. The maximum Gasteiger partial charge on any atom is 0.326 e. The maximum atomic E-state index is 12.4. The molecule has 15 nitrogen and oxygen atoms in total. The summed E-state index contributed by atoms with van der Waals surface area (Å²) in [6.45, 7) is -1.54. The summed E-state index contributed by atoms with van der Waals surface area (Å²) in [5.74, 6) is -3.00. The Morgan fingerprint density at radius 2 is 1.47 bits per heavy atom. The van der Waals surface area contributed by atoms with Crippen molar-refractivity contribution < 1.29 is 54.2 Å². The number of benzene rings is 2. The summed E-state index contributed by atoms with van der Waals surface area (Å²) in [6.07, 6.45) is -6.97. The van der Waals surface area contributed by atoms with E-state index >= 15 is 0 Å². The van der Waals surface area contributed by atoms with Crippen LogP contribution in [-0.2, 0) is 36.8 Å². The van der Waals surface area contributed by atoms with Crippen LogP contribution >= 0.6 is 0 Å². The minimum atomic E-state index is -1.58. The molecule has 3 amide bonds. The molecule has 3 rings (SSSR count). The van der Waals surface area contributed by atoms with Gasteiger partial charge in [0.1, 0.15) is 36.2 Å². The number of aliphatic hydroxyl groups excluding tert-OH is 4. The highest BCUT2D eigenvalue weighted by Crippen LogP contribution is 2.24. The van der Waals surface area contributed by atoms with Crippen molar-refractivity contribution >= 4 is 23.7 Å². The lowest BCUT2D eigenvalue weighted by Crippen LogP contribution is -2.60. The Morgan fingerprint density at radius 1 is 0.837 bits per heavy atom. The molecule has 1 aliphatic rings. The van der Waals surface area contributed by atoms with Gasteiger partial charge in [0.2, 0.25) is 24.0 Å². The fourth-order valence-electron chi connectivity index (χ4n) is 4.18. The Labute approximate surface area is 246 Å². The molecule has 1 saturated heterocycles. The average molecular weight is 605 g/mol. The van der Waals surface area contributed by atoms with Crippen molar-refractivity contribution in [1.82, 2.24) is 16.0 Å². The number of carboxylic acid groups (broad SMARTS) is 1. The molecular formula is C28H36N4O11. The molecular weight excluding hydrogens is 568 g/mol. The van der Waals surface area contributed by atoms with Crippen molar-refractivity contribution in [2.45, 2.75) is 55.6 Å². The minimum absolute atomic E-state index is 0.0673. The standard InChI is InChI=1S/C28H36N4O11/c29-18(10-16-6-8-17(9-7-16)42-28-25(38)24(37)23(36)20(14-33)43-28)26(39)31-12-21(34)30-13-22(35)32-19(27(40)41)11-15-4-2-1-3-5-15/h1-9,18-20,23-25,28,33,36-38H,10-14,29H2,(H,30,34)(H,31,39)(H,32,35)(H,40,41)/t18-,19-,20+,23+,24-,25+,28+/m0/s1. The smallest absolute Gasteiger partial charge is 0.326 e. The van der Waals surface area contributed by atoms with Gasteiger partial charge in [-0.3, -0.25) is 14.4 Å². The maximum absolute atomic E-state index is 12.4. The summed E-state index contributed by atoms with van der Waals surface area (Å²) in [5.41, 5.74) is 7.30. The zero-order chi connectivity index (χ0) is 31.5. The second-order valence-electron chi connectivity index (χ2n) is 9.91. The Morgan fingerprint density at radius 3 is 2.09 bits per heavy atom. The van der Waals surface area contributed by atoms with Gasteiger partial charge in [0.05, 0.1) is 25.7 Å². The first-order valence-electron chi connectivity index (χ1n) is 13.4. The molecule has 0 aliphatic carbocycles. The molecule has 43 heavy (non-hydrogen) atoms. The van der Waals surface area contributed by atoms with E-state index < -0.39 is 86.2 Å². The number of aliphatic carboxylic acids is 1. The Balaban J connectivity index is 1.39. The van der Waals surface area contributed by atoms with Crippen molar-refractivity contribution in [2.24, 2.45) is 5.73 Å². The third-order valence-corrected chi connectivity index (χ3v) is 6.60. The monoisotopic (exact) mass is 604 g/mol. The lowest BCUT2D eigenvalue weighted by molar-refractivity contribution is -0.277. The summed E-state index contributed by atoms with van der Waals surface area (Å²) in [6, 6.07) is 12.7. The highest BCUT2D eigenvalue weighted by molar-refractivity contribution is 5.90. The molecule has 234 valence electrons. The second kappa shape index (κ2) is 15.9. The third-order valence-electron chi connectivity index (χ3n) is 6.60. The number of nitrogens with one attached hydrogen (secondary N) is 3. The molecule has 0 bridgehead atoms. The van der Waals surface area contributed by atoms with Crippen LogP contribution in [0.4, 0.5) is 0 Å². The first-order valence-corrected chi connectivity index (χ1v) is 13.4. The van der Waals surface area contributed by atoms with Gasteiger partial charge in [-0.2, -0.15) is 0 Å². The van der Waals surface area contributed by atoms with Crippen LogP contribution in [-0.4, -0.2) is 112 Å². The van der Waals surface area contributed by atoms with E-state index in [9.17, 15) is 44.7 Å². The van der Waals surface area contributed by atoms with Crippen molar-refractivity contribution in [3.8, 4) is 5.75 Å². The number of ether oxygens (including phenoxy) is 2. The lowest BCUT2D eigenvalue weighted by atomic mass is 9.99. The second-order valence-corrected chi connectivity index (χ2v) is 9.91. The number of hydrogen-bond donors (Lipinski definition) is 9. The van der Waals surface area contributed by atoms with Crippen molar-refractivity contribution in [3.63, 3.8) is 0 Å². The molecule has 0 aromatic heterocycles. The minimum Gasteiger partial charge on any atom is -0.480 e. The van der Waals surface area contributed by atoms with Gasteiger partial charge in [-0.15, -0.1) is 0 Å². The van der Waals surface area contributed by atoms with Gasteiger partial charge in [-0.1, -0.05) is 42.5 Å². The van der Waals surface area contributed by atoms with Crippen molar-refractivity contribution in [2.75, 3.05) is 19.7 Å². The molecule has 1 aliphatic heterocycles.